The van der Waals surface area contributed by atoms with Gasteiger partial charge in [-0.2, -0.15) is 13.2 Å². The molecular formula is C31H31F3N2O4. The Bertz CT molecular complexity index is 1390. The highest BCUT2D eigenvalue weighted by Gasteiger charge is 2.47. The van der Waals surface area contributed by atoms with Crippen LogP contribution in [-0.4, -0.2) is 48.3 Å². The van der Waals surface area contributed by atoms with Gasteiger partial charge >= 0.3 is 6.18 Å². The van der Waals surface area contributed by atoms with E-state index in [0.29, 0.717) is 12.2 Å². The van der Waals surface area contributed by atoms with Crippen LogP contribution in [0.5, 0.6) is 5.75 Å². The van der Waals surface area contributed by atoms with Crippen LogP contribution < -0.4 is 10.1 Å². The molecule has 1 heterocycles. The minimum Gasteiger partial charge on any atom is -0.497 e. The summed E-state index contributed by atoms with van der Waals surface area (Å²) in [5.41, 5.74) is 5.30. The van der Waals surface area contributed by atoms with Gasteiger partial charge in [0, 0.05) is 25.6 Å². The highest BCUT2D eigenvalue weighted by Crippen LogP contribution is 2.47. The van der Waals surface area contributed by atoms with Gasteiger partial charge in [0.15, 0.2) is 5.92 Å². The zero-order valence-corrected chi connectivity index (χ0v) is 22.1. The lowest BCUT2D eigenvalue weighted by Crippen LogP contribution is -2.46. The van der Waals surface area contributed by atoms with Crippen molar-refractivity contribution in [3.63, 3.8) is 0 Å². The van der Waals surface area contributed by atoms with Crippen LogP contribution in [0.4, 0.5) is 13.2 Å². The van der Waals surface area contributed by atoms with Crippen molar-refractivity contribution >= 4 is 11.8 Å². The second kappa shape index (κ2) is 11.3. The molecule has 1 aliphatic heterocycles. The number of aliphatic hydroxyl groups excluding tert-OH is 1. The summed E-state index contributed by atoms with van der Waals surface area (Å²) in [5, 5.41) is 12.3. The maximum Gasteiger partial charge on any atom is 0.402 e. The van der Waals surface area contributed by atoms with Gasteiger partial charge in [-0.1, -0.05) is 54.6 Å². The van der Waals surface area contributed by atoms with Crippen LogP contribution in [0.1, 0.15) is 34.6 Å². The lowest BCUT2D eigenvalue weighted by atomic mass is 9.87. The number of halogens is 3. The minimum atomic E-state index is -4.84. The Morgan fingerprint density at radius 1 is 1.07 bits per heavy atom. The zero-order valence-electron chi connectivity index (χ0n) is 22.1. The van der Waals surface area contributed by atoms with Gasteiger partial charge in [0.05, 0.1) is 13.7 Å². The van der Waals surface area contributed by atoms with Crippen molar-refractivity contribution in [1.29, 1.82) is 0 Å². The molecular weight excluding hydrogens is 521 g/mol. The number of hydrogen-bond acceptors (Lipinski definition) is 4. The first-order valence-corrected chi connectivity index (χ1v) is 13.3. The molecule has 3 aromatic carbocycles. The van der Waals surface area contributed by atoms with Crippen molar-refractivity contribution in [3.05, 3.63) is 89.0 Å². The average molecular weight is 553 g/mol. The van der Waals surface area contributed by atoms with Crippen molar-refractivity contribution in [2.24, 2.45) is 11.8 Å². The summed E-state index contributed by atoms with van der Waals surface area (Å²) in [6.07, 6.45) is -3.74. The fraction of sp³-hybridized carbons (Fsp3) is 0.355. The molecule has 3 aromatic rings. The van der Waals surface area contributed by atoms with Crippen molar-refractivity contribution < 1.29 is 32.6 Å². The van der Waals surface area contributed by atoms with E-state index in [-0.39, 0.29) is 37.4 Å². The summed E-state index contributed by atoms with van der Waals surface area (Å²) < 4.78 is 45.7. The number of fused-ring (bicyclic) bond motifs is 1. The van der Waals surface area contributed by atoms with E-state index >= 15 is 0 Å². The smallest absolute Gasteiger partial charge is 0.402 e. The largest absolute Gasteiger partial charge is 0.497 e. The standard InChI is InChI=1S/C31H31F3N2O4/c1-40-22-9-5-8-20(14-22)23-11-10-21(16-35-29(38)26-15-25(26)19-6-3-2-4-7-19)27-17-36(13-12-24(23)27)30(39)28(18-37)31(32,33)34/h2-11,14,25-26,28,37H,12-13,15-18H2,1H3,(H,35,38)/t25-,26+,28?/m1/s1. The normalized spacial score (nSPS) is 19.0. The van der Waals surface area contributed by atoms with Crippen LogP contribution >= 0.6 is 0 Å². The highest BCUT2D eigenvalue weighted by atomic mass is 19.4. The topological polar surface area (TPSA) is 78.9 Å². The summed E-state index contributed by atoms with van der Waals surface area (Å²) in [5.74, 6) is -2.96. The van der Waals surface area contributed by atoms with Gasteiger partial charge in [0.25, 0.3) is 0 Å². The zero-order chi connectivity index (χ0) is 28.4. The molecule has 0 saturated heterocycles. The van der Waals surface area contributed by atoms with Gasteiger partial charge in [-0.15, -0.1) is 0 Å². The van der Waals surface area contributed by atoms with E-state index in [0.717, 1.165) is 44.7 Å². The van der Waals surface area contributed by atoms with Crippen LogP contribution in [0.3, 0.4) is 0 Å². The molecule has 2 N–H and O–H groups in total. The number of nitrogens with zero attached hydrogens (tertiary/aromatic N) is 1. The first-order chi connectivity index (χ1) is 19.2. The molecule has 40 heavy (non-hydrogen) atoms. The SMILES string of the molecule is COc1cccc(-c2ccc(CNC(=O)[C@H]3C[C@@H]3c3ccccc3)c3c2CCN(C(=O)C(CO)C(F)(F)F)C3)c1. The number of nitrogens with one attached hydrogen (secondary N) is 1. The summed E-state index contributed by atoms with van der Waals surface area (Å²) in [6, 6.07) is 21.2. The number of rotatable bonds is 8. The Labute approximate surface area is 230 Å². The van der Waals surface area contributed by atoms with Crippen molar-refractivity contribution in [2.75, 3.05) is 20.3 Å². The Morgan fingerprint density at radius 3 is 2.55 bits per heavy atom. The second-order valence-electron chi connectivity index (χ2n) is 10.3. The fourth-order valence-corrected chi connectivity index (χ4v) is 5.56. The lowest BCUT2D eigenvalue weighted by molar-refractivity contribution is -0.196. The molecule has 0 spiro atoms. The number of aliphatic hydroxyl groups is 1. The van der Waals surface area contributed by atoms with E-state index in [9.17, 15) is 27.9 Å². The molecule has 6 nitrogen and oxygen atoms in total. The van der Waals surface area contributed by atoms with E-state index in [2.05, 4.69) is 5.32 Å². The molecule has 9 heteroatoms. The summed E-state index contributed by atoms with van der Waals surface area (Å²) in [7, 11) is 1.57. The molecule has 5 rings (SSSR count). The second-order valence-corrected chi connectivity index (χ2v) is 10.3. The third-order valence-corrected chi connectivity index (χ3v) is 7.89. The van der Waals surface area contributed by atoms with Gasteiger partial charge in [0.1, 0.15) is 5.75 Å². The van der Waals surface area contributed by atoms with Gasteiger partial charge in [0.2, 0.25) is 11.8 Å². The molecule has 1 saturated carbocycles. The number of amides is 2. The van der Waals surface area contributed by atoms with Gasteiger partial charge in [-0.3, -0.25) is 9.59 Å². The van der Waals surface area contributed by atoms with Crippen molar-refractivity contribution in [1.82, 2.24) is 10.2 Å². The number of carbonyl (C=O) groups excluding carboxylic acids is 2. The van der Waals surface area contributed by atoms with Crippen LogP contribution in [0.15, 0.2) is 66.7 Å². The number of alkyl halides is 3. The van der Waals surface area contributed by atoms with Crippen molar-refractivity contribution in [3.8, 4) is 16.9 Å². The Kier molecular flexibility index (Phi) is 7.85. The van der Waals surface area contributed by atoms with E-state index in [4.69, 9.17) is 4.74 Å². The lowest BCUT2D eigenvalue weighted by Gasteiger charge is -2.34. The minimum absolute atomic E-state index is 0.0418. The Morgan fingerprint density at radius 2 is 1.85 bits per heavy atom. The highest BCUT2D eigenvalue weighted by molar-refractivity contribution is 5.83. The average Bonchev–Trinajstić information content (AvgIpc) is 3.77. The van der Waals surface area contributed by atoms with Gasteiger partial charge in [-0.25, -0.2) is 0 Å². The summed E-state index contributed by atoms with van der Waals surface area (Å²) in [6.45, 7) is -1.06. The summed E-state index contributed by atoms with van der Waals surface area (Å²) in [4.78, 5) is 26.9. The maximum absolute atomic E-state index is 13.4. The molecule has 1 fully saturated rings. The molecule has 1 aliphatic carbocycles. The van der Waals surface area contributed by atoms with Gasteiger partial charge < -0.3 is 20.1 Å². The predicted molar refractivity (Wildman–Crippen MR) is 143 cm³/mol. The molecule has 0 bridgehead atoms. The maximum atomic E-state index is 13.4. The molecule has 0 radical (unpaired) electrons. The molecule has 0 aromatic heterocycles. The number of hydrogen-bond donors (Lipinski definition) is 2. The number of ether oxygens (including phenoxy) is 1. The molecule has 2 amide bonds. The van der Waals surface area contributed by atoms with Crippen LogP contribution in [0.25, 0.3) is 11.1 Å². The van der Waals surface area contributed by atoms with Crippen molar-refractivity contribution in [2.45, 2.75) is 38.0 Å². The van der Waals surface area contributed by atoms with E-state index in [1.54, 1.807) is 7.11 Å². The molecule has 2 aliphatic rings. The number of carbonyl (C=O) groups is 2. The Balaban J connectivity index is 1.41. The molecule has 210 valence electrons. The van der Waals surface area contributed by atoms with Crippen LogP contribution in [-0.2, 0) is 29.1 Å². The number of methoxy groups -OCH3 is 1. The molecule has 3 atom stereocenters. The predicted octanol–water partition coefficient (Wildman–Crippen LogP) is 4.84. The Hall–Kier alpha value is -3.85. The summed E-state index contributed by atoms with van der Waals surface area (Å²) >= 11 is 0. The first kappa shape index (κ1) is 27.7. The van der Waals surface area contributed by atoms with Crippen LogP contribution in [0.2, 0.25) is 0 Å². The molecule has 1 unspecified atom stereocenters. The van der Waals surface area contributed by atoms with E-state index < -0.39 is 24.6 Å². The van der Waals surface area contributed by atoms with Gasteiger partial charge in [-0.05, 0) is 64.3 Å². The third-order valence-electron chi connectivity index (χ3n) is 7.89. The van der Waals surface area contributed by atoms with Crippen LogP contribution in [0, 0.1) is 11.8 Å². The number of benzene rings is 3. The quantitative estimate of drug-likeness (QED) is 0.420. The van der Waals surface area contributed by atoms with E-state index in [1.807, 2.05) is 66.7 Å². The first-order valence-electron chi connectivity index (χ1n) is 13.3. The fourth-order valence-electron chi connectivity index (χ4n) is 5.56. The third kappa shape index (κ3) is 5.70. The van der Waals surface area contributed by atoms with E-state index in [1.165, 1.54) is 0 Å². The monoisotopic (exact) mass is 552 g/mol.